The Morgan fingerprint density at radius 2 is 1.06 bits per heavy atom. The van der Waals surface area contributed by atoms with Crippen molar-refractivity contribution in [3.05, 3.63) is 169 Å². The summed E-state index contributed by atoms with van der Waals surface area (Å²) in [6.45, 7) is 4.63. The first kappa shape index (κ1) is 30.1. The van der Waals surface area contributed by atoms with Crippen LogP contribution >= 0.6 is 0 Å². The number of furan rings is 1. The van der Waals surface area contributed by atoms with Gasteiger partial charge in [0.2, 0.25) is 0 Å². The molecule has 0 saturated carbocycles. The topological polar surface area (TPSA) is 64.7 Å². The number of aromatic nitrogens is 4. The predicted octanol–water partition coefficient (Wildman–Crippen LogP) is 11.8. The summed E-state index contributed by atoms with van der Waals surface area (Å²) in [5.74, 6) is 1.81. The zero-order chi connectivity index (χ0) is 34.8. The highest BCUT2D eigenvalue weighted by molar-refractivity contribution is 6.06. The van der Waals surface area contributed by atoms with Gasteiger partial charge in [0.05, 0.1) is 0 Å². The third-order valence-corrected chi connectivity index (χ3v) is 10.4. The molecule has 52 heavy (non-hydrogen) atoms. The van der Waals surface area contributed by atoms with Gasteiger partial charge in [-0.05, 0) is 93.5 Å². The van der Waals surface area contributed by atoms with Crippen molar-refractivity contribution < 1.29 is 4.42 Å². The minimum absolute atomic E-state index is 0.0615. The van der Waals surface area contributed by atoms with Crippen molar-refractivity contribution in [1.29, 1.82) is 0 Å². The Kier molecular flexibility index (Phi) is 6.77. The molecule has 10 rings (SSSR count). The summed E-state index contributed by atoms with van der Waals surface area (Å²) < 4.78 is 6.14. The van der Waals surface area contributed by atoms with Crippen molar-refractivity contribution in [1.82, 2.24) is 19.9 Å². The molecule has 0 unspecified atom stereocenters. The first-order chi connectivity index (χ1) is 25.5. The third kappa shape index (κ3) is 4.93. The minimum Gasteiger partial charge on any atom is -0.456 e. The fourth-order valence-corrected chi connectivity index (χ4v) is 7.74. The normalized spacial score (nSPS) is 13.0. The monoisotopic (exact) mass is 668 g/mol. The van der Waals surface area contributed by atoms with Gasteiger partial charge in [0.25, 0.3) is 0 Å². The van der Waals surface area contributed by atoms with Crippen LogP contribution in [-0.4, -0.2) is 19.9 Å². The molecule has 0 amide bonds. The van der Waals surface area contributed by atoms with E-state index in [2.05, 4.69) is 97.7 Å². The van der Waals surface area contributed by atoms with E-state index in [1.165, 1.54) is 22.3 Å². The van der Waals surface area contributed by atoms with Gasteiger partial charge in [-0.15, -0.1) is 0 Å². The second-order valence-corrected chi connectivity index (χ2v) is 14.0. The van der Waals surface area contributed by atoms with Gasteiger partial charge in [-0.25, -0.2) is 15.0 Å². The lowest BCUT2D eigenvalue weighted by Gasteiger charge is -2.21. The standard InChI is InChI=1S/C47H32N4O/c1-47(2)40-16-8-6-14-36(40)38-26-30(18-20-41(38)47)33-23-34(32-13-10-22-48-28-32)25-35(24-33)46-50-44(29-11-4-3-5-12-29)49-45(51-46)31-19-21-43-39(27-31)37-15-7-9-17-42(37)52-43/h3-28H,1-2H3. The molecule has 0 radical (unpaired) electrons. The van der Waals surface area contributed by atoms with Crippen LogP contribution in [0.2, 0.25) is 0 Å². The average molecular weight is 669 g/mol. The van der Waals surface area contributed by atoms with E-state index < -0.39 is 0 Å². The Hall–Kier alpha value is -6.72. The zero-order valence-corrected chi connectivity index (χ0v) is 28.7. The smallest absolute Gasteiger partial charge is 0.164 e. The van der Waals surface area contributed by atoms with E-state index in [1.807, 2.05) is 72.9 Å². The molecule has 1 aliphatic carbocycles. The lowest BCUT2D eigenvalue weighted by atomic mass is 9.82. The first-order valence-corrected chi connectivity index (χ1v) is 17.5. The molecule has 0 saturated heterocycles. The Morgan fingerprint density at radius 3 is 1.88 bits per heavy atom. The fourth-order valence-electron chi connectivity index (χ4n) is 7.74. The molecule has 9 aromatic rings. The summed E-state index contributed by atoms with van der Waals surface area (Å²) in [6, 6.07) is 50.7. The van der Waals surface area contributed by atoms with Gasteiger partial charge < -0.3 is 4.42 Å². The molecular formula is C47H32N4O. The number of fused-ring (bicyclic) bond motifs is 6. The van der Waals surface area contributed by atoms with E-state index in [-0.39, 0.29) is 5.41 Å². The van der Waals surface area contributed by atoms with E-state index >= 15 is 0 Å². The maximum atomic E-state index is 6.14. The maximum absolute atomic E-state index is 6.14. The van der Waals surface area contributed by atoms with Crippen molar-refractivity contribution in [3.63, 3.8) is 0 Å². The molecule has 0 N–H and O–H groups in total. The van der Waals surface area contributed by atoms with E-state index in [9.17, 15) is 0 Å². The second-order valence-electron chi connectivity index (χ2n) is 14.0. The molecule has 6 aromatic carbocycles. The molecule has 3 aromatic heterocycles. The number of rotatable bonds is 5. The number of benzene rings is 6. The van der Waals surface area contributed by atoms with Crippen molar-refractivity contribution in [3.8, 4) is 67.5 Å². The number of hydrogen-bond acceptors (Lipinski definition) is 5. The fraction of sp³-hybridized carbons (Fsp3) is 0.0638. The highest BCUT2D eigenvalue weighted by Gasteiger charge is 2.35. The largest absolute Gasteiger partial charge is 0.456 e. The molecule has 1 aliphatic rings. The van der Waals surface area contributed by atoms with Crippen LogP contribution < -0.4 is 0 Å². The first-order valence-electron chi connectivity index (χ1n) is 17.5. The quantitative estimate of drug-likeness (QED) is 0.183. The Bertz CT molecular complexity index is 2820. The van der Waals surface area contributed by atoms with Gasteiger partial charge in [-0.3, -0.25) is 4.98 Å². The molecular weight excluding hydrogens is 637 g/mol. The van der Waals surface area contributed by atoms with Crippen molar-refractivity contribution in [2.75, 3.05) is 0 Å². The number of pyridine rings is 1. The number of hydrogen-bond donors (Lipinski definition) is 0. The van der Waals surface area contributed by atoms with E-state index in [4.69, 9.17) is 19.4 Å². The number of nitrogens with zero attached hydrogens (tertiary/aromatic N) is 4. The van der Waals surface area contributed by atoms with Gasteiger partial charge >= 0.3 is 0 Å². The lowest BCUT2D eigenvalue weighted by Crippen LogP contribution is -2.14. The average Bonchev–Trinajstić information content (AvgIpc) is 3.69. The van der Waals surface area contributed by atoms with Crippen LogP contribution in [0.25, 0.3) is 89.5 Å². The van der Waals surface area contributed by atoms with Crippen LogP contribution in [0.3, 0.4) is 0 Å². The Balaban J connectivity index is 1.18. The molecule has 0 atom stereocenters. The van der Waals surface area contributed by atoms with E-state index in [0.717, 1.165) is 60.9 Å². The van der Waals surface area contributed by atoms with Gasteiger partial charge in [0, 0.05) is 50.8 Å². The molecule has 5 nitrogen and oxygen atoms in total. The third-order valence-electron chi connectivity index (χ3n) is 10.4. The van der Waals surface area contributed by atoms with Gasteiger partial charge in [-0.2, -0.15) is 0 Å². The van der Waals surface area contributed by atoms with Crippen LogP contribution in [0, 0.1) is 0 Å². The molecule has 0 fully saturated rings. The molecule has 0 aliphatic heterocycles. The van der Waals surface area contributed by atoms with Crippen LogP contribution in [0.4, 0.5) is 0 Å². The highest BCUT2D eigenvalue weighted by Crippen LogP contribution is 2.49. The number of para-hydroxylation sites is 1. The van der Waals surface area contributed by atoms with Gasteiger partial charge in [-0.1, -0.05) is 105 Å². The summed E-state index contributed by atoms with van der Waals surface area (Å²) in [7, 11) is 0. The maximum Gasteiger partial charge on any atom is 0.164 e. The molecule has 3 heterocycles. The summed E-state index contributed by atoms with van der Waals surface area (Å²) in [6.07, 6.45) is 3.71. The predicted molar refractivity (Wildman–Crippen MR) is 210 cm³/mol. The van der Waals surface area contributed by atoms with Crippen molar-refractivity contribution in [2.45, 2.75) is 19.3 Å². The molecule has 0 spiro atoms. The summed E-state index contributed by atoms with van der Waals surface area (Å²) in [4.78, 5) is 19.8. The Morgan fingerprint density at radius 1 is 0.423 bits per heavy atom. The molecule has 246 valence electrons. The van der Waals surface area contributed by atoms with Crippen molar-refractivity contribution >= 4 is 21.9 Å². The summed E-state index contributed by atoms with van der Waals surface area (Å²) in [5.41, 5.74) is 13.9. The molecule has 0 bridgehead atoms. The van der Waals surface area contributed by atoms with Gasteiger partial charge in [0.15, 0.2) is 17.5 Å². The van der Waals surface area contributed by atoms with E-state index in [0.29, 0.717) is 17.5 Å². The molecule has 5 heteroatoms. The SMILES string of the molecule is CC1(C)c2ccccc2-c2cc(-c3cc(-c4cccnc4)cc(-c4nc(-c5ccccc5)nc(-c5ccc6oc7ccccc7c6c5)n4)c3)ccc21. The lowest BCUT2D eigenvalue weighted by molar-refractivity contribution is 0.660. The minimum atomic E-state index is -0.0615. The van der Waals surface area contributed by atoms with Crippen LogP contribution in [-0.2, 0) is 5.41 Å². The van der Waals surface area contributed by atoms with Crippen LogP contribution in [0.1, 0.15) is 25.0 Å². The van der Waals surface area contributed by atoms with Crippen LogP contribution in [0.15, 0.2) is 162 Å². The summed E-state index contributed by atoms with van der Waals surface area (Å²) >= 11 is 0. The summed E-state index contributed by atoms with van der Waals surface area (Å²) in [5, 5.41) is 2.09. The van der Waals surface area contributed by atoms with Crippen LogP contribution in [0.5, 0.6) is 0 Å². The van der Waals surface area contributed by atoms with E-state index in [1.54, 1.807) is 6.20 Å². The second kappa shape index (κ2) is 11.7. The Labute approximate surface area is 301 Å². The zero-order valence-electron chi connectivity index (χ0n) is 28.7. The van der Waals surface area contributed by atoms with Crippen molar-refractivity contribution in [2.24, 2.45) is 0 Å². The van der Waals surface area contributed by atoms with Gasteiger partial charge in [0.1, 0.15) is 11.2 Å². The highest BCUT2D eigenvalue weighted by atomic mass is 16.3.